The molecule has 7 heteroatoms. The van der Waals surface area contributed by atoms with Crippen LogP contribution in [0.3, 0.4) is 0 Å². The number of nitrogens with one attached hydrogen (secondary N) is 1. The summed E-state index contributed by atoms with van der Waals surface area (Å²) in [5, 5.41) is 0.499. The minimum absolute atomic E-state index is 0.165. The van der Waals surface area contributed by atoms with Crippen LogP contribution in [0.4, 0.5) is 0 Å². The van der Waals surface area contributed by atoms with Gasteiger partial charge in [-0.2, -0.15) is 0 Å². The molecular weight excluding hydrogens is 358 g/mol. The zero-order valence-electron chi connectivity index (χ0n) is 12.1. The van der Waals surface area contributed by atoms with Gasteiger partial charge in [0.2, 0.25) is 10.0 Å². The number of rotatable bonds is 8. The summed E-state index contributed by atoms with van der Waals surface area (Å²) in [7, 11) is -3.61. The van der Waals surface area contributed by atoms with Gasteiger partial charge in [0.1, 0.15) is 6.04 Å². The van der Waals surface area contributed by atoms with Crippen molar-refractivity contribution in [1.29, 1.82) is 0 Å². The molecular formula is C14H20BrNO4S. The number of alkyl halides is 1. The highest BCUT2D eigenvalue weighted by Gasteiger charge is 2.26. The Labute approximate surface area is 134 Å². The summed E-state index contributed by atoms with van der Waals surface area (Å²) >= 11 is 3.22. The molecule has 5 nitrogen and oxygen atoms in total. The molecule has 0 fully saturated rings. The molecule has 118 valence electrons. The highest BCUT2D eigenvalue weighted by atomic mass is 79.9. The standard InChI is InChI=1S/C14H20BrNO4S/c1-11(2)20-14(17)13(8-9-15)16-21(18,19)10-12-6-4-3-5-7-12/h3-7,11,13,16H,8-10H2,1-2H3/t13-/m0/s1. The summed E-state index contributed by atoms with van der Waals surface area (Å²) in [5.74, 6) is -0.720. The van der Waals surface area contributed by atoms with E-state index >= 15 is 0 Å². The largest absolute Gasteiger partial charge is 0.462 e. The Bertz CT molecular complexity index is 545. The van der Waals surface area contributed by atoms with Crippen molar-refractivity contribution in [3.63, 3.8) is 0 Å². The van der Waals surface area contributed by atoms with E-state index in [0.29, 0.717) is 17.3 Å². The lowest BCUT2D eigenvalue weighted by Gasteiger charge is -2.18. The Morgan fingerprint density at radius 2 is 1.90 bits per heavy atom. The smallest absolute Gasteiger partial charge is 0.324 e. The van der Waals surface area contributed by atoms with Gasteiger partial charge in [-0.25, -0.2) is 13.1 Å². The second-order valence-electron chi connectivity index (χ2n) is 4.88. The molecule has 0 radical (unpaired) electrons. The first-order chi connectivity index (χ1) is 9.84. The van der Waals surface area contributed by atoms with Crippen molar-refractivity contribution in [3.8, 4) is 0 Å². The third-order valence-electron chi connectivity index (χ3n) is 2.56. The molecule has 1 N–H and O–H groups in total. The van der Waals surface area contributed by atoms with Crippen LogP contribution < -0.4 is 4.72 Å². The molecule has 0 aliphatic heterocycles. The minimum Gasteiger partial charge on any atom is -0.462 e. The van der Waals surface area contributed by atoms with E-state index in [1.807, 2.05) is 6.07 Å². The molecule has 1 aromatic carbocycles. The molecule has 0 aliphatic rings. The molecule has 1 atom stereocenters. The average molecular weight is 378 g/mol. The maximum Gasteiger partial charge on any atom is 0.324 e. The van der Waals surface area contributed by atoms with E-state index in [1.54, 1.807) is 38.1 Å². The number of esters is 1. The second kappa shape index (κ2) is 8.51. The number of hydrogen-bond acceptors (Lipinski definition) is 4. The van der Waals surface area contributed by atoms with Gasteiger partial charge in [-0.1, -0.05) is 46.3 Å². The summed E-state index contributed by atoms with van der Waals surface area (Å²) in [6, 6.07) is 7.94. The van der Waals surface area contributed by atoms with Gasteiger partial charge in [-0.05, 0) is 25.8 Å². The molecule has 21 heavy (non-hydrogen) atoms. The summed E-state index contributed by atoms with van der Waals surface area (Å²) < 4.78 is 31.8. The first-order valence-corrected chi connectivity index (χ1v) is 9.42. The van der Waals surface area contributed by atoms with Crippen molar-refractivity contribution in [1.82, 2.24) is 4.72 Å². The van der Waals surface area contributed by atoms with E-state index in [0.717, 1.165) is 0 Å². The first-order valence-electron chi connectivity index (χ1n) is 6.64. The minimum atomic E-state index is -3.61. The lowest BCUT2D eigenvalue weighted by atomic mass is 10.2. The highest BCUT2D eigenvalue weighted by molar-refractivity contribution is 9.09. The molecule has 0 amide bonds. The summed E-state index contributed by atoms with van der Waals surface area (Å²) in [6.07, 6.45) is 0.0495. The number of carbonyl (C=O) groups excluding carboxylic acids is 1. The topological polar surface area (TPSA) is 72.5 Å². The van der Waals surface area contributed by atoms with Gasteiger partial charge in [0.05, 0.1) is 11.9 Å². The van der Waals surface area contributed by atoms with Crippen molar-refractivity contribution < 1.29 is 17.9 Å². The van der Waals surface area contributed by atoms with E-state index in [4.69, 9.17) is 4.74 Å². The fraction of sp³-hybridized carbons (Fsp3) is 0.500. The quantitative estimate of drug-likeness (QED) is 0.556. The fourth-order valence-corrected chi connectivity index (χ4v) is 3.52. The third-order valence-corrected chi connectivity index (χ3v) is 4.37. The molecule has 1 aromatic rings. The van der Waals surface area contributed by atoms with Gasteiger partial charge in [0, 0.05) is 5.33 Å². The number of carbonyl (C=O) groups is 1. The van der Waals surface area contributed by atoms with Gasteiger partial charge in [0.25, 0.3) is 0 Å². The van der Waals surface area contributed by atoms with Crippen molar-refractivity contribution in [2.24, 2.45) is 0 Å². The maximum absolute atomic E-state index is 12.1. The molecule has 1 rings (SSSR count). The van der Waals surface area contributed by atoms with Gasteiger partial charge in [-0.3, -0.25) is 4.79 Å². The predicted octanol–water partition coefficient (Wildman–Crippen LogP) is 2.21. The van der Waals surface area contributed by atoms with Crippen LogP contribution in [-0.4, -0.2) is 31.9 Å². The predicted molar refractivity (Wildman–Crippen MR) is 85.6 cm³/mol. The lowest BCUT2D eigenvalue weighted by molar-refractivity contribution is -0.149. The van der Waals surface area contributed by atoms with Crippen LogP contribution in [0.2, 0.25) is 0 Å². The van der Waals surface area contributed by atoms with Crippen LogP contribution in [0.5, 0.6) is 0 Å². The Morgan fingerprint density at radius 3 is 2.43 bits per heavy atom. The molecule has 0 aliphatic carbocycles. The van der Waals surface area contributed by atoms with Crippen molar-refractivity contribution in [3.05, 3.63) is 35.9 Å². The molecule has 0 aromatic heterocycles. The summed E-state index contributed by atoms with van der Waals surface area (Å²) in [5.41, 5.74) is 0.666. The van der Waals surface area contributed by atoms with Gasteiger partial charge in [0.15, 0.2) is 0 Å². The first kappa shape index (κ1) is 18.1. The van der Waals surface area contributed by atoms with Crippen LogP contribution in [-0.2, 0) is 25.3 Å². The second-order valence-corrected chi connectivity index (χ2v) is 7.43. The third kappa shape index (κ3) is 7.06. The molecule has 0 saturated carbocycles. The van der Waals surface area contributed by atoms with Crippen LogP contribution >= 0.6 is 15.9 Å². The van der Waals surface area contributed by atoms with Gasteiger partial charge in [-0.15, -0.1) is 0 Å². The number of sulfonamides is 1. The Morgan fingerprint density at radius 1 is 1.29 bits per heavy atom. The van der Waals surface area contributed by atoms with E-state index in [1.165, 1.54) is 0 Å². The summed E-state index contributed by atoms with van der Waals surface area (Å²) in [6.45, 7) is 3.45. The Balaban J connectivity index is 2.75. The van der Waals surface area contributed by atoms with E-state index in [9.17, 15) is 13.2 Å². The van der Waals surface area contributed by atoms with Gasteiger partial charge >= 0.3 is 5.97 Å². The van der Waals surface area contributed by atoms with E-state index < -0.39 is 22.0 Å². The number of halogens is 1. The van der Waals surface area contributed by atoms with Crippen LogP contribution in [0.15, 0.2) is 30.3 Å². The zero-order valence-corrected chi connectivity index (χ0v) is 14.5. The monoisotopic (exact) mass is 377 g/mol. The normalized spacial score (nSPS) is 13.1. The van der Waals surface area contributed by atoms with E-state index in [2.05, 4.69) is 20.7 Å². The Hall–Kier alpha value is -0.920. The Kier molecular flexibility index (Phi) is 7.34. The molecule has 0 spiro atoms. The van der Waals surface area contributed by atoms with Gasteiger partial charge < -0.3 is 4.74 Å². The molecule has 0 saturated heterocycles. The number of ether oxygens (including phenoxy) is 1. The van der Waals surface area contributed by atoms with Crippen LogP contribution in [0.1, 0.15) is 25.8 Å². The van der Waals surface area contributed by atoms with Crippen LogP contribution in [0.25, 0.3) is 0 Å². The zero-order chi connectivity index (χ0) is 15.9. The molecule has 0 bridgehead atoms. The van der Waals surface area contributed by atoms with Crippen molar-refractivity contribution in [2.45, 2.75) is 38.2 Å². The summed E-state index contributed by atoms with van der Waals surface area (Å²) in [4.78, 5) is 11.9. The van der Waals surface area contributed by atoms with Crippen molar-refractivity contribution in [2.75, 3.05) is 5.33 Å². The maximum atomic E-state index is 12.1. The number of hydrogen-bond donors (Lipinski definition) is 1. The fourth-order valence-electron chi connectivity index (χ4n) is 1.70. The molecule has 0 heterocycles. The SMILES string of the molecule is CC(C)OC(=O)[C@H](CCBr)NS(=O)(=O)Cc1ccccc1. The lowest BCUT2D eigenvalue weighted by Crippen LogP contribution is -2.43. The average Bonchev–Trinajstić information content (AvgIpc) is 2.37. The van der Waals surface area contributed by atoms with E-state index in [-0.39, 0.29) is 11.9 Å². The van der Waals surface area contributed by atoms with Crippen LogP contribution in [0, 0.1) is 0 Å². The molecule has 0 unspecified atom stereocenters. The highest BCUT2D eigenvalue weighted by Crippen LogP contribution is 2.08. The number of benzene rings is 1. The van der Waals surface area contributed by atoms with Crippen molar-refractivity contribution >= 4 is 31.9 Å².